The molecular formula is C6H12O4. The van der Waals surface area contributed by atoms with Crippen LogP contribution in [0.1, 0.15) is 20.3 Å². The highest BCUT2D eigenvalue weighted by Gasteiger charge is 2.29. The maximum atomic E-state index is 10.3. The molecule has 0 radical (unpaired) electrons. The van der Waals surface area contributed by atoms with Crippen LogP contribution in [-0.2, 0) is 9.53 Å². The quantitative estimate of drug-likeness (QED) is 0.534. The van der Waals surface area contributed by atoms with Gasteiger partial charge in [-0.25, -0.2) is 0 Å². The molecule has 4 heteroatoms. The average molecular weight is 148 g/mol. The minimum atomic E-state index is -2.59. The molecule has 0 aromatic heterocycles. The van der Waals surface area contributed by atoms with Gasteiger partial charge in [-0.05, 0) is 6.42 Å². The maximum Gasteiger partial charge on any atom is 0.341 e. The molecule has 0 spiro atoms. The Labute approximate surface area is 59.4 Å². The fourth-order valence-corrected chi connectivity index (χ4v) is 0.346. The third-order valence-corrected chi connectivity index (χ3v) is 0.966. The summed E-state index contributed by atoms with van der Waals surface area (Å²) >= 11 is 0. The largest absolute Gasteiger partial charge is 0.341 e. The topological polar surface area (TPSA) is 66.8 Å². The van der Waals surface area contributed by atoms with E-state index in [4.69, 9.17) is 10.2 Å². The van der Waals surface area contributed by atoms with Crippen molar-refractivity contribution in [3.05, 3.63) is 0 Å². The second-order valence-electron chi connectivity index (χ2n) is 2.01. The van der Waals surface area contributed by atoms with Gasteiger partial charge in [0.1, 0.15) is 0 Å². The number of aliphatic hydroxyl groups is 2. The summed E-state index contributed by atoms with van der Waals surface area (Å²) in [5.74, 6) is -3.39. The Morgan fingerprint density at radius 1 is 1.60 bits per heavy atom. The minimum absolute atomic E-state index is 0.159. The first-order valence-electron chi connectivity index (χ1n) is 3.10. The molecule has 0 rings (SSSR count). The molecule has 0 aliphatic carbocycles. The Morgan fingerprint density at radius 2 is 2.10 bits per heavy atom. The molecule has 60 valence electrons. The van der Waals surface area contributed by atoms with Crippen LogP contribution in [0.4, 0.5) is 0 Å². The van der Waals surface area contributed by atoms with Gasteiger partial charge in [-0.2, -0.15) is 0 Å². The summed E-state index contributed by atoms with van der Waals surface area (Å²) < 4.78 is 4.40. The average Bonchev–Trinajstić information content (AvgIpc) is 1.84. The highest BCUT2D eigenvalue weighted by Crippen LogP contribution is 2.03. The molecule has 10 heavy (non-hydrogen) atoms. The number of carbonyl (C=O) groups excluding carboxylic acids is 1. The van der Waals surface area contributed by atoms with E-state index in [0.29, 0.717) is 6.42 Å². The van der Waals surface area contributed by atoms with Crippen molar-refractivity contribution in [1.29, 1.82) is 0 Å². The zero-order valence-electron chi connectivity index (χ0n) is 6.13. The fourth-order valence-electron chi connectivity index (χ4n) is 0.346. The number of ether oxygens (including phenoxy) is 1. The number of Topliss-reactive ketones (excluding diaryl/α,β-unsaturated/α-hetero) is 1. The molecule has 0 aromatic rings. The van der Waals surface area contributed by atoms with Crippen molar-refractivity contribution in [2.45, 2.75) is 26.2 Å². The molecule has 2 N–H and O–H groups in total. The molecule has 0 bridgehead atoms. The molecule has 0 atom stereocenters. The molecule has 0 aliphatic rings. The van der Waals surface area contributed by atoms with Crippen molar-refractivity contribution in [1.82, 2.24) is 0 Å². The molecule has 0 amide bonds. The smallest absolute Gasteiger partial charge is 0.337 e. The monoisotopic (exact) mass is 148 g/mol. The number of hydrogen-bond donors (Lipinski definition) is 2. The first-order chi connectivity index (χ1) is 4.50. The van der Waals surface area contributed by atoms with Crippen LogP contribution in [0.15, 0.2) is 0 Å². The van der Waals surface area contributed by atoms with Gasteiger partial charge in [-0.3, -0.25) is 4.79 Å². The van der Waals surface area contributed by atoms with Crippen LogP contribution in [0, 0.1) is 0 Å². The summed E-state index contributed by atoms with van der Waals surface area (Å²) in [6, 6.07) is 0. The first kappa shape index (κ1) is 9.55. The lowest BCUT2D eigenvalue weighted by Crippen LogP contribution is -2.39. The highest BCUT2D eigenvalue weighted by atomic mass is 16.8. The van der Waals surface area contributed by atoms with E-state index >= 15 is 0 Å². The van der Waals surface area contributed by atoms with Gasteiger partial charge in [0.2, 0.25) is 5.78 Å². The standard InChI is InChI=1S/C6H12O4/c1-3-4-10-6(8,9)5(2)7/h8-9H,3-4H2,1-2H3. The lowest BCUT2D eigenvalue weighted by atomic mass is 10.4. The first-order valence-corrected chi connectivity index (χ1v) is 3.10. The number of rotatable bonds is 4. The van der Waals surface area contributed by atoms with E-state index in [9.17, 15) is 4.79 Å². The summed E-state index contributed by atoms with van der Waals surface area (Å²) in [5, 5.41) is 17.4. The van der Waals surface area contributed by atoms with Crippen LogP contribution in [-0.4, -0.2) is 28.6 Å². The second-order valence-corrected chi connectivity index (χ2v) is 2.01. The van der Waals surface area contributed by atoms with E-state index < -0.39 is 11.8 Å². The third kappa shape index (κ3) is 2.91. The Morgan fingerprint density at radius 3 is 2.40 bits per heavy atom. The molecule has 0 fully saturated rings. The molecule has 0 unspecified atom stereocenters. The van der Waals surface area contributed by atoms with E-state index in [2.05, 4.69) is 4.74 Å². The normalized spacial score (nSPS) is 11.6. The Hall–Kier alpha value is -0.450. The Kier molecular flexibility index (Phi) is 3.49. The van der Waals surface area contributed by atoms with Crippen LogP contribution < -0.4 is 0 Å². The summed E-state index contributed by atoms with van der Waals surface area (Å²) in [6.45, 7) is 3.01. The van der Waals surface area contributed by atoms with Crippen LogP contribution in [0.2, 0.25) is 0 Å². The fraction of sp³-hybridized carbons (Fsp3) is 0.833. The third-order valence-electron chi connectivity index (χ3n) is 0.966. The van der Waals surface area contributed by atoms with Gasteiger partial charge >= 0.3 is 5.97 Å². The van der Waals surface area contributed by atoms with Crippen molar-refractivity contribution in [3.8, 4) is 0 Å². The zero-order valence-corrected chi connectivity index (χ0v) is 6.13. The number of hydrogen-bond acceptors (Lipinski definition) is 4. The van der Waals surface area contributed by atoms with Gasteiger partial charge in [-0.1, -0.05) is 6.92 Å². The summed E-state index contributed by atoms with van der Waals surface area (Å²) in [7, 11) is 0. The molecule has 0 aliphatic heterocycles. The zero-order chi connectivity index (χ0) is 8.20. The SMILES string of the molecule is CCCOC(O)(O)C(C)=O. The van der Waals surface area contributed by atoms with Gasteiger partial charge in [0.05, 0.1) is 6.61 Å². The summed E-state index contributed by atoms with van der Waals surface area (Å²) in [6.07, 6.45) is 0.635. The lowest BCUT2D eigenvalue weighted by Gasteiger charge is -2.17. The van der Waals surface area contributed by atoms with E-state index in [-0.39, 0.29) is 6.61 Å². The summed E-state index contributed by atoms with van der Waals surface area (Å²) in [4.78, 5) is 10.3. The highest BCUT2D eigenvalue weighted by molar-refractivity contribution is 5.81. The van der Waals surface area contributed by atoms with Crippen molar-refractivity contribution >= 4 is 5.78 Å². The molecule has 0 saturated carbocycles. The number of carbonyl (C=O) groups is 1. The van der Waals surface area contributed by atoms with E-state index in [1.807, 2.05) is 0 Å². The second kappa shape index (κ2) is 3.65. The van der Waals surface area contributed by atoms with E-state index in [1.54, 1.807) is 6.92 Å². The van der Waals surface area contributed by atoms with Gasteiger partial charge in [-0.15, -0.1) is 0 Å². The molecule has 4 nitrogen and oxygen atoms in total. The van der Waals surface area contributed by atoms with Crippen molar-refractivity contribution in [2.24, 2.45) is 0 Å². The van der Waals surface area contributed by atoms with Crippen LogP contribution >= 0.6 is 0 Å². The van der Waals surface area contributed by atoms with Gasteiger partial charge in [0.25, 0.3) is 0 Å². The number of ketones is 1. The van der Waals surface area contributed by atoms with Crippen molar-refractivity contribution in [2.75, 3.05) is 6.61 Å². The molecule has 0 heterocycles. The predicted molar refractivity (Wildman–Crippen MR) is 34.1 cm³/mol. The molecule has 0 saturated heterocycles. The van der Waals surface area contributed by atoms with Crippen LogP contribution in [0.25, 0.3) is 0 Å². The molecular weight excluding hydrogens is 136 g/mol. The van der Waals surface area contributed by atoms with Crippen molar-refractivity contribution in [3.63, 3.8) is 0 Å². The Bertz CT molecular complexity index is 119. The van der Waals surface area contributed by atoms with Gasteiger partial charge in [0, 0.05) is 6.92 Å². The van der Waals surface area contributed by atoms with Gasteiger partial charge < -0.3 is 14.9 Å². The summed E-state index contributed by atoms with van der Waals surface area (Å²) in [5.41, 5.74) is 0. The molecule has 0 aromatic carbocycles. The maximum absolute atomic E-state index is 10.3. The van der Waals surface area contributed by atoms with Gasteiger partial charge in [0.15, 0.2) is 0 Å². The lowest BCUT2D eigenvalue weighted by molar-refractivity contribution is -0.310. The minimum Gasteiger partial charge on any atom is -0.337 e. The van der Waals surface area contributed by atoms with Crippen LogP contribution in [0.3, 0.4) is 0 Å². The van der Waals surface area contributed by atoms with E-state index in [0.717, 1.165) is 6.92 Å². The predicted octanol–water partition coefficient (Wildman–Crippen LogP) is -0.360. The van der Waals surface area contributed by atoms with Crippen molar-refractivity contribution < 1.29 is 19.7 Å². The Balaban J connectivity index is 3.75. The van der Waals surface area contributed by atoms with E-state index in [1.165, 1.54) is 0 Å². The van der Waals surface area contributed by atoms with Crippen LogP contribution in [0.5, 0.6) is 0 Å².